The van der Waals surface area contributed by atoms with E-state index in [0.29, 0.717) is 17.8 Å². The number of hydrogen-bond donors (Lipinski definition) is 0. The third-order valence-electron chi connectivity index (χ3n) is 9.38. The summed E-state index contributed by atoms with van der Waals surface area (Å²) in [6.45, 7) is 21.2. The molecule has 1 aromatic carbocycles. The maximum atomic E-state index is 13.2. The number of ketones is 1. The molecule has 3 rings (SSSR count). The lowest BCUT2D eigenvalue weighted by Crippen LogP contribution is -2.59. The quantitative estimate of drug-likeness (QED) is 0.436. The fourth-order valence-corrected chi connectivity index (χ4v) is 7.91. The fraction of sp³-hybridized carbons (Fsp3) is 0.750. The van der Waals surface area contributed by atoms with E-state index in [-0.39, 0.29) is 21.8 Å². The summed E-state index contributed by atoms with van der Waals surface area (Å²) in [5, 5.41) is 0.225. The minimum atomic E-state index is -1.82. The summed E-state index contributed by atoms with van der Waals surface area (Å²) in [7, 11) is -1.82. The van der Waals surface area contributed by atoms with E-state index >= 15 is 0 Å². The van der Waals surface area contributed by atoms with Gasteiger partial charge in [-0.1, -0.05) is 71.4 Å². The van der Waals surface area contributed by atoms with Crippen LogP contribution in [0.25, 0.3) is 0 Å². The van der Waals surface area contributed by atoms with E-state index in [1.165, 1.54) is 11.1 Å². The summed E-state index contributed by atoms with van der Waals surface area (Å²) in [6.07, 6.45) is 6.27. The maximum absolute atomic E-state index is 13.2. The molecule has 0 aromatic heterocycles. The highest BCUT2D eigenvalue weighted by Crippen LogP contribution is 2.61. The number of benzene rings is 1. The Bertz CT molecular complexity index is 803. The van der Waals surface area contributed by atoms with Crippen LogP contribution in [0.15, 0.2) is 24.3 Å². The Balaban J connectivity index is 1.81. The average molecular weight is 443 g/mol. The van der Waals surface area contributed by atoms with Crippen molar-refractivity contribution in [1.29, 1.82) is 0 Å². The van der Waals surface area contributed by atoms with Gasteiger partial charge in [-0.05, 0) is 79.5 Å². The SMILES string of the molecule is Cc1cccc(CC[C@H]2C(=O)CC[C@H]3C(C)(C)[C@@H](O[Si](C)(C)C(C)(C)C)CC[C@]23C)c1. The standard InChI is InChI=1S/C28H46O2Si/c1-20-11-10-12-21(19-20)13-14-22-23(29)15-16-24-27(5,6)25(17-18-28(22,24)7)30-31(8,9)26(2,3)4/h10-12,19,22,24-25H,13-18H2,1-9H3/t22-,24-,25-,28+/m0/s1. The van der Waals surface area contributed by atoms with Crippen LogP contribution in [0.3, 0.4) is 0 Å². The van der Waals surface area contributed by atoms with Crippen LogP contribution in [-0.2, 0) is 15.6 Å². The van der Waals surface area contributed by atoms with Gasteiger partial charge in [-0.2, -0.15) is 0 Å². The van der Waals surface area contributed by atoms with E-state index in [0.717, 1.165) is 38.5 Å². The average Bonchev–Trinajstić information content (AvgIpc) is 2.62. The van der Waals surface area contributed by atoms with Crippen molar-refractivity contribution < 1.29 is 9.22 Å². The third kappa shape index (κ3) is 4.73. The molecule has 2 nitrogen and oxygen atoms in total. The molecule has 0 saturated heterocycles. The first-order valence-electron chi connectivity index (χ1n) is 12.4. The number of carbonyl (C=O) groups excluding carboxylic acids is 1. The number of aryl methyl sites for hydroxylation is 2. The second-order valence-corrected chi connectivity index (χ2v) is 17.6. The largest absolute Gasteiger partial charge is 0.413 e. The Morgan fingerprint density at radius 2 is 1.81 bits per heavy atom. The van der Waals surface area contributed by atoms with E-state index in [2.05, 4.69) is 85.8 Å². The minimum absolute atomic E-state index is 0.0932. The van der Waals surface area contributed by atoms with Crippen LogP contribution in [0, 0.1) is 29.6 Å². The number of fused-ring (bicyclic) bond motifs is 1. The Hall–Kier alpha value is -0.933. The third-order valence-corrected chi connectivity index (χ3v) is 13.9. The summed E-state index contributed by atoms with van der Waals surface area (Å²) in [5.41, 5.74) is 2.87. The molecule has 0 bridgehead atoms. The molecule has 0 aliphatic heterocycles. The van der Waals surface area contributed by atoms with Crippen LogP contribution in [0.4, 0.5) is 0 Å². The van der Waals surface area contributed by atoms with Gasteiger partial charge in [0.2, 0.25) is 0 Å². The van der Waals surface area contributed by atoms with Crippen LogP contribution in [0.1, 0.15) is 84.8 Å². The van der Waals surface area contributed by atoms with Crippen molar-refractivity contribution in [2.24, 2.45) is 22.7 Å². The first-order valence-corrected chi connectivity index (χ1v) is 15.4. The van der Waals surface area contributed by atoms with Crippen LogP contribution in [0.5, 0.6) is 0 Å². The maximum Gasteiger partial charge on any atom is 0.192 e. The smallest absolute Gasteiger partial charge is 0.192 e. The van der Waals surface area contributed by atoms with Gasteiger partial charge < -0.3 is 4.43 Å². The van der Waals surface area contributed by atoms with Gasteiger partial charge in [0.05, 0.1) is 6.10 Å². The van der Waals surface area contributed by atoms with E-state index in [1.54, 1.807) is 0 Å². The first kappa shape index (κ1) is 24.7. The highest BCUT2D eigenvalue weighted by Gasteiger charge is 2.58. The van der Waals surface area contributed by atoms with Crippen LogP contribution in [0.2, 0.25) is 18.1 Å². The highest BCUT2D eigenvalue weighted by atomic mass is 28.4. The lowest BCUT2D eigenvalue weighted by atomic mass is 9.47. The van der Waals surface area contributed by atoms with Crippen LogP contribution < -0.4 is 0 Å². The van der Waals surface area contributed by atoms with Crippen molar-refractivity contribution in [3.8, 4) is 0 Å². The van der Waals surface area contributed by atoms with Gasteiger partial charge in [0.1, 0.15) is 5.78 Å². The molecule has 174 valence electrons. The molecule has 0 amide bonds. The zero-order chi connectivity index (χ0) is 23.2. The van der Waals surface area contributed by atoms with Gasteiger partial charge in [-0.15, -0.1) is 0 Å². The first-order chi connectivity index (χ1) is 14.2. The molecule has 2 saturated carbocycles. The van der Waals surface area contributed by atoms with Gasteiger partial charge in [0.25, 0.3) is 0 Å². The Labute approximate surface area is 192 Å². The lowest BCUT2D eigenvalue weighted by molar-refractivity contribution is -0.156. The second-order valence-electron chi connectivity index (χ2n) is 12.9. The van der Waals surface area contributed by atoms with Crippen molar-refractivity contribution in [3.63, 3.8) is 0 Å². The van der Waals surface area contributed by atoms with E-state index < -0.39 is 8.32 Å². The molecule has 1 aromatic rings. The molecular weight excluding hydrogens is 396 g/mol. The molecule has 0 heterocycles. The Morgan fingerprint density at radius 3 is 2.42 bits per heavy atom. The zero-order valence-electron chi connectivity index (χ0n) is 21.6. The molecule has 0 radical (unpaired) electrons. The number of hydrogen-bond acceptors (Lipinski definition) is 2. The number of Topliss-reactive ketones (excluding diaryl/α,β-unsaturated/α-hetero) is 1. The molecule has 4 atom stereocenters. The highest BCUT2D eigenvalue weighted by molar-refractivity contribution is 6.74. The predicted molar refractivity (Wildman–Crippen MR) is 134 cm³/mol. The summed E-state index contributed by atoms with van der Waals surface area (Å²) in [6, 6.07) is 8.79. The predicted octanol–water partition coefficient (Wildman–Crippen LogP) is 7.74. The van der Waals surface area contributed by atoms with Crippen molar-refractivity contribution in [2.75, 3.05) is 0 Å². The zero-order valence-corrected chi connectivity index (χ0v) is 22.6. The molecule has 2 aliphatic carbocycles. The number of carbonyl (C=O) groups is 1. The summed E-state index contributed by atoms with van der Waals surface area (Å²) >= 11 is 0. The molecule has 0 spiro atoms. The lowest BCUT2D eigenvalue weighted by Gasteiger charge is -2.60. The molecular formula is C28H46O2Si. The molecule has 0 N–H and O–H groups in total. The summed E-state index contributed by atoms with van der Waals surface area (Å²) in [4.78, 5) is 13.2. The molecule has 3 heteroatoms. The van der Waals surface area contributed by atoms with Gasteiger partial charge in [0, 0.05) is 12.3 Å². The minimum Gasteiger partial charge on any atom is -0.413 e. The second kappa shape index (κ2) is 8.45. The van der Waals surface area contributed by atoms with Crippen molar-refractivity contribution in [3.05, 3.63) is 35.4 Å². The monoisotopic (exact) mass is 442 g/mol. The fourth-order valence-electron chi connectivity index (χ4n) is 6.42. The van der Waals surface area contributed by atoms with Gasteiger partial charge in [0.15, 0.2) is 8.32 Å². The Morgan fingerprint density at radius 1 is 1.13 bits per heavy atom. The van der Waals surface area contributed by atoms with E-state index in [9.17, 15) is 4.79 Å². The number of rotatable bonds is 5. The van der Waals surface area contributed by atoms with E-state index in [1.807, 2.05) is 0 Å². The van der Waals surface area contributed by atoms with E-state index in [4.69, 9.17) is 4.43 Å². The van der Waals surface area contributed by atoms with Crippen molar-refractivity contribution >= 4 is 14.1 Å². The molecule has 2 fully saturated rings. The Kier molecular flexibility index (Phi) is 6.73. The van der Waals surface area contributed by atoms with Gasteiger partial charge in [-0.25, -0.2) is 0 Å². The molecule has 0 unspecified atom stereocenters. The van der Waals surface area contributed by atoms with Crippen LogP contribution >= 0.6 is 0 Å². The van der Waals surface area contributed by atoms with Crippen LogP contribution in [-0.4, -0.2) is 20.2 Å². The molecule has 2 aliphatic rings. The topological polar surface area (TPSA) is 26.3 Å². The molecule has 31 heavy (non-hydrogen) atoms. The van der Waals surface area contributed by atoms with Gasteiger partial charge >= 0.3 is 0 Å². The summed E-state index contributed by atoms with van der Waals surface area (Å²) in [5.74, 6) is 1.23. The van der Waals surface area contributed by atoms with Crippen molar-refractivity contribution in [2.45, 2.75) is 111 Å². The normalized spacial score (nSPS) is 31.4. The van der Waals surface area contributed by atoms with Crippen molar-refractivity contribution in [1.82, 2.24) is 0 Å². The van der Waals surface area contributed by atoms with Gasteiger partial charge in [-0.3, -0.25) is 4.79 Å². The summed E-state index contributed by atoms with van der Waals surface area (Å²) < 4.78 is 7.01.